The van der Waals surface area contributed by atoms with E-state index in [1.807, 2.05) is 0 Å². The number of nitrogens with two attached hydrogens (primary N) is 1. The first-order chi connectivity index (χ1) is 8.38. The molecule has 7 heteroatoms. The van der Waals surface area contributed by atoms with Gasteiger partial charge in [-0.25, -0.2) is 4.68 Å². The molecule has 3 nitrogen and oxygen atoms in total. The number of aromatic nitrogens is 2. The molecule has 0 fully saturated rings. The summed E-state index contributed by atoms with van der Waals surface area (Å²) in [7, 11) is 0. The molecule has 2 rings (SSSR count). The fraction of sp³-hybridized carbons (Fsp3) is 0.0909. The third kappa shape index (κ3) is 2.51. The molecule has 0 aliphatic rings. The van der Waals surface area contributed by atoms with Crippen molar-refractivity contribution < 1.29 is 13.2 Å². The van der Waals surface area contributed by atoms with Gasteiger partial charge in [0.15, 0.2) is 5.69 Å². The van der Waals surface area contributed by atoms with Crippen molar-refractivity contribution in [3.05, 3.63) is 47.8 Å². The topological polar surface area (TPSA) is 43.8 Å². The first-order valence-corrected chi connectivity index (χ1v) is 5.32. The molecule has 0 atom stereocenters. The van der Waals surface area contributed by atoms with Crippen LogP contribution in [0.3, 0.4) is 0 Å². The Kier molecular flexibility index (Phi) is 3.08. The molecule has 0 saturated carbocycles. The molecule has 1 aromatic heterocycles. The molecule has 1 aromatic carbocycles. The first kappa shape index (κ1) is 12.6. The summed E-state index contributed by atoms with van der Waals surface area (Å²) < 4.78 is 38.3. The Morgan fingerprint density at radius 1 is 1.17 bits per heavy atom. The lowest BCUT2D eigenvalue weighted by Gasteiger charge is -2.04. The summed E-state index contributed by atoms with van der Waals surface area (Å²) in [6, 6.07) is 7.38. The Hall–Kier alpha value is -1.89. The third-order valence-corrected chi connectivity index (χ3v) is 2.53. The number of nitrogens with zero attached hydrogens (tertiary/aromatic N) is 2. The standard InChI is InChI=1S/C11H8F3N3S/c12-11(13,14)9-5-6-17(16-9)8-3-1-7(2-4-8)10(15)18/h1-6H,(H2,15,18). The zero-order valence-corrected chi connectivity index (χ0v) is 9.79. The summed E-state index contributed by atoms with van der Waals surface area (Å²) in [6.07, 6.45) is -3.19. The molecule has 0 aliphatic carbocycles. The maximum atomic E-state index is 12.4. The molecule has 0 radical (unpaired) electrons. The van der Waals surface area contributed by atoms with Crippen molar-refractivity contribution in [1.29, 1.82) is 0 Å². The van der Waals surface area contributed by atoms with Gasteiger partial charge in [-0.05, 0) is 30.3 Å². The predicted molar refractivity (Wildman–Crippen MR) is 64.5 cm³/mol. The molecule has 94 valence electrons. The monoisotopic (exact) mass is 271 g/mol. The molecule has 2 N–H and O–H groups in total. The van der Waals surface area contributed by atoms with Gasteiger partial charge in [0.1, 0.15) is 4.99 Å². The maximum absolute atomic E-state index is 12.4. The number of hydrogen-bond donors (Lipinski definition) is 1. The molecule has 0 amide bonds. The average Bonchev–Trinajstić information content (AvgIpc) is 2.78. The van der Waals surface area contributed by atoms with Crippen LogP contribution in [0.1, 0.15) is 11.3 Å². The molecule has 2 aromatic rings. The van der Waals surface area contributed by atoms with Crippen molar-refractivity contribution >= 4 is 17.2 Å². The van der Waals surface area contributed by atoms with Crippen LogP contribution in [0.15, 0.2) is 36.5 Å². The quantitative estimate of drug-likeness (QED) is 0.854. The van der Waals surface area contributed by atoms with E-state index in [0.29, 0.717) is 11.3 Å². The van der Waals surface area contributed by atoms with Crippen molar-refractivity contribution in [3.63, 3.8) is 0 Å². The number of rotatable bonds is 2. The number of benzene rings is 1. The molecular weight excluding hydrogens is 263 g/mol. The molecule has 0 unspecified atom stereocenters. The molecular formula is C11H8F3N3S. The number of hydrogen-bond acceptors (Lipinski definition) is 2. The molecule has 0 aliphatic heterocycles. The van der Waals surface area contributed by atoms with E-state index in [2.05, 4.69) is 5.10 Å². The Labute approximate surface area is 106 Å². The van der Waals surface area contributed by atoms with Crippen LogP contribution in [-0.4, -0.2) is 14.8 Å². The number of thiocarbonyl (C=S) groups is 1. The third-order valence-electron chi connectivity index (χ3n) is 2.30. The summed E-state index contributed by atoms with van der Waals surface area (Å²) in [4.78, 5) is 0.234. The smallest absolute Gasteiger partial charge is 0.389 e. The summed E-state index contributed by atoms with van der Waals surface area (Å²) in [5.74, 6) is 0. The van der Waals surface area contributed by atoms with Crippen LogP contribution in [0.5, 0.6) is 0 Å². The van der Waals surface area contributed by atoms with Crippen LogP contribution >= 0.6 is 12.2 Å². The zero-order valence-electron chi connectivity index (χ0n) is 8.98. The minimum atomic E-state index is -4.44. The predicted octanol–water partition coefficient (Wildman–Crippen LogP) is 2.53. The lowest BCUT2D eigenvalue weighted by Crippen LogP contribution is -2.09. The minimum Gasteiger partial charge on any atom is -0.389 e. The molecule has 0 bridgehead atoms. The van der Waals surface area contributed by atoms with E-state index in [-0.39, 0.29) is 4.99 Å². The first-order valence-electron chi connectivity index (χ1n) is 4.91. The van der Waals surface area contributed by atoms with Crippen molar-refractivity contribution in [2.45, 2.75) is 6.18 Å². The van der Waals surface area contributed by atoms with E-state index < -0.39 is 11.9 Å². The minimum absolute atomic E-state index is 0.234. The van der Waals surface area contributed by atoms with Crippen molar-refractivity contribution in [2.75, 3.05) is 0 Å². The van der Waals surface area contributed by atoms with Gasteiger partial charge in [-0.1, -0.05) is 12.2 Å². The van der Waals surface area contributed by atoms with Gasteiger partial charge in [0.25, 0.3) is 0 Å². The van der Waals surface area contributed by atoms with Crippen molar-refractivity contribution in [2.24, 2.45) is 5.73 Å². The highest BCUT2D eigenvalue weighted by Gasteiger charge is 2.33. The Balaban J connectivity index is 2.32. The largest absolute Gasteiger partial charge is 0.435 e. The van der Waals surface area contributed by atoms with Crippen molar-refractivity contribution in [1.82, 2.24) is 9.78 Å². The van der Waals surface area contributed by atoms with Crippen LogP contribution in [0.25, 0.3) is 5.69 Å². The average molecular weight is 271 g/mol. The van der Waals surface area contributed by atoms with Crippen LogP contribution < -0.4 is 5.73 Å². The summed E-state index contributed by atoms with van der Waals surface area (Å²) in [6.45, 7) is 0. The summed E-state index contributed by atoms with van der Waals surface area (Å²) in [5.41, 5.74) is 5.65. The van der Waals surface area contributed by atoms with Gasteiger partial charge >= 0.3 is 6.18 Å². The Morgan fingerprint density at radius 3 is 2.22 bits per heavy atom. The number of alkyl halides is 3. The van der Waals surface area contributed by atoms with Crippen molar-refractivity contribution in [3.8, 4) is 5.69 Å². The van der Waals surface area contributed by atoms with E-state index in [1.165, 1.54) is 6.20 Å². The van der Waals surface area contributed by atoms with Crippen LogP contribution in [-0.2, 0) is 6.18 Å². The molecule has 18 heavy (non-hydrogen) atoms. The highest BCUT2D eigenvalue weighted by Crippen LogP contribution is 2.27. The van der Waals surface area contributed by atoms with Gasteiger partial charge in [-0.15, -0.1) is 0 Å². The van der Waals surface area contributed by atoms with Crippen LogP contribution in [0.2, 0.25) is 0 Å². The lowest BCUT2D eigenvalue weighted by atomic mass is 10.2. The van der Waals surface area contributed by atoms with Gasteiger partial charge in [0, 0.05) is 11.8 Å². The van der Waals surface area contributed by atoms with Crippen LogP contribution in [0, 0.1) is 0 Å². The Bertz CT molecular complexity index is 572. The fourth-order valence-electron chi connectivity index (χ4n) is 1.40. The van der Waals surface area contributed by atoms with E-state index in [9.17, 15) is 13.2 Å². The SMILES string of the molecule is NC(=S)c1ccc(-n2ccc(C(F)(F)F)n2)cc1. The van der Waals surface area contributed by atoms with Gasteiger partial charge in [0.2, 0.25) is 0 Å². The van der Waals surface area contributed by atoms with Gasteiger partial charge < -0.3 is 5.73 Å². The highest BCUT2D eigenvalue weighted by molar-refractivity contribution is 7.80. The van der Waals surface area contributed by atoms with Gasteiger partial charge in [0.05, 0.1) is 5.69 Å². The summed E-state index contributed by atoms with van der Waals surface area (Å²) >= 11 is 4.78. The van der Waals surface area contributed by atoms with Gasteiger partial charge in [-0.3, -0.25) is 0 Å². The van der Waals surface area contributed by atoms with Crippen LogP contribution in [0.4, 0.5) is 13.2 Å². The highest BCUT2D eigenvalue weighted by atomic mass is 32.1. The maximum Gasteiger partial charge on any atom is 0.435 e. The molecule has 1 heterocycles. The van der Waals surface area contributed by atoms with E-state index in [1.54, 1.807) is 24.3 Å². The second-order valence-electron chi connectivity index (χ2n) is 3.55. The zero-order chi connectivity index (χ0) is 13.3. The van der Waals surface area contributed by atoms with E-state index in [0.717, 1.165) is 10.7 Å². The van der Waals surface area contributed by atoms with E-state index >= 15 is 0 Å². The molecule has 0 spiro atoms. The lowest BCUT2D eigenvalue weighted by molar-refractivity contribution is -0.141. The van der Waals surface area contributed by atoms with Gasteiger partial charge in [-0.2, -0.15) is 18.3 Å². The Morgan fingerprint density at radius 2 is 1.78 bits per heavy atom. The van der Waals surface area contributed by atoms with E-state index in [4.69, 9.17) is 18.0 Å². The fourth-order valence-corrected chi connectivity index (χ4v) is 1.53. The second kappa shape index (κ2) is 4.41. The second-order valence-corrected chi connectivity index (χ2v) is 3.99. The summed E-state index contributed by atoms with van der Waals surface area (Å²) in [5, 5.41) is 3.45. The molecule has 0 saturated heterocycles. The number of halogens is 3. The normalized spacial score (nSPS) is 11.5.